The zero-order valence-corrected chi connectivity index (χ0v) is 17.8. The molecule has 1 atom stereocenters. The smallest absolute Gasteiger partial charge is 0.260 e. The molecule has 0 saturated carbocycles. The molecule has 158 valence electrons. The minimum atomic E-state index is -0.430. The Balaban J connectivity index is 0.00000300. The van der Waals surface area contributed by atoms with Crippen LogP contribution in [-0.2, 0) is 16.6 Å². The molecular formula is C20H28ClN5O3. The van der Waals surface area contributed by atoms with E-state index in [1.807, 2.05) is 44.4 Å². The number of ether oxygens (including phenoxy) is 1. The maximum atomic E-state index is 12.9. The van der Waals surface area contributed by atoms with Gasteiger partial charge in [0.15, 0.2) is 6.61 Å². The molecule has 9 heteroatoms. The van der Waals surface area contributed by atoms with Crippen molar-refractivity contribution in [3.8, 4) is 5.75 Å². The number of carbonyl (C=O) groups is 2. The predicted molar refractivity (Wildman–Crippen MR) is 112 cm³/mol. The van der Waals surface area contributed by atoms with E-state index in [1.54, 1.807) is 27.7 Å². The fourth-order valence-corrected chi connectivity index (χ4v) is 3.25. The van der Waals surface area contributed by atoms with Crippen molar-refractivity contribution in [1.29, 1.82) is 0 Å². The minimum Gasteiger partial charge on any atom is -0.484 e. The molecule has 0 bridgehead atoms. The fourth-order valence-electron chi connectivity index (χ4n) is 3.25. The number of carbonyl (C=O) groups excluding carboxylic acids is 2. The molecule has 2 amide bonds. The summed E-state index contributed by atoms with van der Waals surface area (Å²) in [7, 11) is 3.58. The summed E-state index contributed by atoms with van der Waals surface area (Å²) in [6.45, 7) is 4.03. The Labute approximate surface area is 177 Å². The Hall–Kier alpha value is -2.58. The minimum absolute atomic E-state index is 0. The van der Waals surface area contributed by atoms with Crippen LogP contribution in [0.2, 0.25) is 0 Å². The monoisotopic (exact) mass is 421 g/mol. The van der Waals surface area contributed by atoms with Gasteiger partial charge in [-0.3, -0.25) is 14.3 Å². The van der Waals surface area contributed by atoms with Gasteiger partial charge in [-0.1, -0.05) is 17.7 Å². The summed E-state index contributed by atoms with van der Waals surface area (Å²) in [5.74, 6) is 0.615. The highest BCUT2D eigenvalue weighted by atomic mass is 35.5. The van der Waals surface area contributed by atoms with Crippen LogP contribution >= 0.6 is 12.4 Å². The second-order valence-corrected chi connectivity index (χ2v) is 6.98. The lowest BCUT2D eigenvalue weighted by molar-refractivity contribution is -0.141. The fraction of sp³-hybridized carbons (Fsp3) is 0.450. The summed E-state index contributed by atoms with van der Waals surface area (Å²) in [4.78, 5) is 28.8. The number of nitrogens with one attached hydrogen (secondary N) is 1. The summed E-state index contributed by atoms with van der Waals surface area (Å²) in [6, 6.07) is 7.18. The Morgan fingerprint density at radius 2 is 1.76 bits per heavy atom. The Bertz CT molecular complexity index is 816. The van der Waals surface area contributed by atoms with E-state index in [4.69, 9.17) is 4.74 Å². The normalized spacial score (nSPS) is 14.9. The van der Waals surface area contributed by atoms with Crippen LogP contribution in [0.25, 0.3) is 0 Å². The number of aryl methyl sites for hydroxylation is 2. The van der Waals surface area contributed by atoms with Crippen molar-refractivity contribution < 1.29 is 14.3 Å². The van der Waals surface area contributed by atoms with Crippen molar-refractivity contribution in [3.05, 3.63) is 47.8 Å². The molecule has 1 unspecified atom stereocenters. The van der Waals surface area contributed by atoms with Gasteiger partial charge in [-0.15, -0.1) is 12.4 Å². The molecule has 1 N–H and O–H groups in total. The average molecular weight is 422 g/mol. The van der Waals surface area contributed by atoms with Crippen LogP contribution in [0.1, 0.15) is 17.2 Å². The molecule has 1 fully saturated rings. The highest BCUT2D eigenvalue weighted by molar-refractivity contribution is 5.85. The van der Waals surface area contributed by atoms with Crippen molar-refractivity contribution in [2.45, 2.75) is 13.0 Å². The third-order valence-electron chi connectivity index (χ3n) is 4.92. The Kier molecular flexibility index (Phi) is 8.04. The van der Waals surface area contributed by atoms with Crippen molar-refractivity contribution in [2.24, 2.45) is 7.05 Å². The van der Waals surface area contributed by atoms with Crippen LogP contribution in [0, 0.1) is 6.92 Å². The quantitative estimate of drug-likeness (QED) is 0.757. The number of amides is 2. The molecule has 8 nitrogen and oxygen atoms in total. The number of rotatable bonds is 6. The molecule has 2 aromatic rings. The molecule has 2 heterocycles. The van der Waals surface area contributed by atoms with Gasteiger partial charge in [0.1, 0.15) is 11.8 Å². The first-order chi connectivity index (χ1) is 13.5. The molecule has 1 saturated heterocycles. The molecule has 1 aliphatic heterocycles. The molecule has 29 heavy (non-hydrogen) atoms. The lowest BCUT2D eigenvalue weighted by Gasteiger charge is -2.36. The van der Waals surface area contributed by atoms with Gasteiger partial charge in [0.25, 0.3) is 5.91 Å². The van der Waals surface area contributed by atoms with E-state index < -0.39 is 6.04 Å². The van der Waals surface area contributed by atoms with Crippen molar-refractivity contribution in [1.82, 2.24) is 24.9 Å². The number of benzene rings is 1. The zero-order chi connectivity index (χ0) is 20.1. The van der Waals surface area contributed by atoms with Crippen LogP contribution in [0.3, 0.4) is 0 Å². The number of hydrogen-bond donors (Lipinski definition) is 1. The Morgan fingerprint density at radius 3 is 2.31 bits per heavy atom. The molecule has 3 rings (SSSR count). The van der Waals surface area contributed by atoms with Gasteiger partial charge < -0.3 is 19.9 Å². The number of nitrogens with zero attached hydrogens (tertiary/aromatic N) is 4. The molecule has 0 aliphatic carbocycles. The lowest BCUT2D eigenvalue weighted by atomic mass is 10.1. The SMILES string of the molecule is CNC(C(=O)N1CCN(C(=O)COc2ccc(C)cc2)CC1)c1cnn(C)c1.Cl. The number of likely N-dealkylation sites (N-methyl/N-ethyl adjacent to an activating group) is 1. The first-order valence-electron chi connectivity index (χ1n) is 9.40. The molecule has 1 aromatic carbocycles. The van der Waals surface area contributed by atoms with Crippen LogP contribution in [-0.4, -0.2) is 71.2 Å². The van der Waals surface area contributed by atoms with Crippen molar-refractivity contribution >= 4 is 24.2 Å². The third-order valence-corrected chi connectivity index (χ3v) is 4.92. The second kappa shape index (κ2) is 10.3. The summed E-state index contributed by atoms with van der Waals surface area (Å²) < 4.78 is 7.25. The topological polar surface area (TPSA) is 79.7 Å². The first kappa shape index (κ1) is 22.7. The number of hydrogen-bond acceptors (Lipinski definition) is 5. The van der Waals surface area contributed by atoms with Gasteiger partial charge in [0.2, 0.25) is 5.91 Å². The molecular weight excluding hydrogens is 394 g/mol. The van der Waals surface area contributed by atoms with Crippen molar-refractivity contribution in [3.63, 3.8) is 0 Å². The third kappa shape index (κ3) is 5.71. The zero-order valence-electron chi connectivity index (χ0n) is 17.0. The number of piperazine rings is 1. The van der Waals surface area contributed by atoms with E-state index >= 15 is 0 Å². The average Bonchev–Trinajstić information content (AvgIpc) is 3.14. The van der Waals surface area contributed by atoms with Gasteiger partial charge in [-0.2, -0.15) is 5.10 Å². The van der Waals surface area contributed by atoms with Crippen LogP contribution in [0.4, 0.5) is 0 Å². The van der Waals surface area contributed by atoms with Crippen LogP contribution < -0.4 is 10.1 Å². The number of aromatic nitrogens is 2. The van der Waals surface area contributed by atoms with E-state index in [2.05, 4.69) is 10.4 Å². The molecule has 1 aromatic heterocycles. The summed E-state index contributed by atoms with van der Waals surface area (Å²) in [5, 5.41) is 7.20. The second-order valence-electron chi connectivity index (χ2n) is 6.98. The summed E-state index contributed by atoms with van der Waals surface area (Å²) in [5.41, 5.74) is 1.98. The number of halogens is 1. The van der Waals surface area contributed by atoms with Gasteiger partial charge in [-0.25, -0.2) is 0 Å². The maximum Gasteiger partial charge on any atom is 0.260 e. The Morgan fingerprint density at radius 1 is 1.14 bits per heavy atom. The van der Waals surface area contributed by atoms with E-state index in [0.717, 1.165) is 11.1 Å². The van der Waals surface area contributed by atoms with Gasteiger partial charge in [-0.05, 0) is 26.1 Å². The summed E-state index contributed by atoms with van der Waals surface area (Å²) in [6.07, 6.45) is 3.53. The summed E-state index contributed by atoms with van der Waals surface area (Å²) >= 11 is 0. The van der Waals surface area contributed by atoms with Gasteiger partial charge >= 0.3 is 0 Å². The highest BCUT2D eigenvalue weighted by Gasteiger charge is 2.29. The molecule has 1 aliphatic rings. The standard InChI is InChI=1S/C20H27N5O3.ClH/c1-15-4-6-17(7-5-15)28-14-18(26)24-8-10-25(11-9-24)20(27)19(21-2)16-12-22-23(3)13-16;/h4-7,12-13,19,21H,8-11,14H2,1-3H3;1H. The van der Waals surface area contributed by atoms with Crippen LogP contribution in [0.5, 0.6) is 5.75 Å². The van der Waals surface area contributed by atoms with Crippen molar-refractivity contribution in [2.75, 3.05) is 39.8 Å². The lowest BCUT2D eigenvalue weighted by Crippen LogP contribution is -2.53. The van der Waals surface area contributed by atoms with E-state index in [0.29, 0.717) is 31.9 Å². The van der Waals surface area contributed by atoms with E-state index in [-0.39, 0.29) is 30.8 Å². The van der Waals surface area contributed by atoms with Gasteiger partial charge in [0.05, 0.1) is 6.20 Å². The van der Waals surface area contributed by atoms with Gasteiger partial charge in [0, 0.05) is 45.0 Å². The van der Waals surface area contributed by atoms with E-state index in [1.165, 1.54) is 0 Å². The first-order valence-corrected chi connectivity index (χ1v) is 9.40. The molecule has 0 spiro atoms. The maximum absolute atomic E-state index is 12.9. The van der Waals surface area contributed by atoms with E-state index in [9.17, 15) is 9.59 Å². The largest absolute Gasteiger partial charge is 0.484 e. The highest BCUT2D eigenvalue weighted by Crippen LogP contribution is 2.17. The molecule has 0 radical (unpaired) electrons. The van der Waals surface area contributed by atoms with Crippen LogP contribution in [0.15, 0.2) is 36.7 Å². The predicted octanol–water partition coefficient (Wildman–Crippen LogP) is 1.16.